The number of fused-ring (bicyclic) bond motifs is 3. The molecule has 0 radical (unpaired) electrons. The molecule has 5 heteroatoms. The van der Waals surface area contributed by atoms with Crippen molar-refractivity contribution >= 4 is 17.6 Å². The zero-order valence-corrected chi connectivity index (χ0v) is 17.8. The molecule has 2 aromatic rings. The normalized spacial score (nSPS) is 27.4. The molecular formula is C24H27ClO4. The highest BCUT2D eigenvalue weighted by atomic mass is 35.5. The molecule has 1 fully saturated rings. The first-order valence-corrected chi connectivity index (χ1v) is 10.6. The zero-order valence-electron chi connectivity index (χ0n) is 17.0. The highest BCUT2D eigenvalue weighted by Gasteiger charge is 2.50. The number of carboxylic acids is 1. The van der Waals surface area contributed by atoms with E-state index in [0.717, 1.165) is 34.7 Å². The van der Waals surface area contributed by atoms with Crippen molar-refractivity contribution in [2.45, 2.75) is 63.8 Å². The Kier molecular flexibility index (Phi) is 5.34. The average molecular weight is 415 g/mol. The van der Waals surface area contributed by atoms with Gasteiger partial charge in [0.05, 0.1) is 18.6 Å². The summed E-state index contributed by atoms with van der Waals surface area (Å²) in [7, 11) is 0. The molecule has 2 heterocycles. The van der Waals surface area contributed by atoms with Crippen LogP contribution >= 0.6 is 11.6 Å². The van der Waals surface area contributed by atoms with E-state index in [1.54, 1.807) is 0 Å². The van der Waals surface area contributed by atoms with Crippen LogP contribution in [0.4, 0.5) is 0 Å². The SMILES string of the molecule is CC[C@@H]1O[C@@H]2c3cc(CC(=O)O)ccc3OC(C)(C)[C@H]2C[C@@H]1c1cccc(Cl)c1. The number of carbonyl (C=O) groups is 1. The molecule has 0 aromatic heterocycles. The lowest BCUT2D eigenvalue weighted by molar-refractivity contribution is -0.159. The maximum absolute atomic E-state index is 11.2. The smallest absolute Gasteiger partial charge is 0.307 e. The second-order valence-corrected chi connectivity index (χ2v) is 9.09. The van der Waals surface area contributed by atoms with Gasteiger partial charge >= 0.3 is 5.97 Å². The van der Waals surface area contributed by atoms with E-state index >= 15 is 0 Å². The molecule has 154 valence electrons. The molecule has 0 bridgehead atoms. The van der Waals surface area contributed by atoms with Crippen molar-refractivity contribution in [2.24, 2.45) is 5.92 Å². The molecule has 4 atom stereocenters. The molecule has 0 saturated carbocycles. The van der Waals surface area contributed by atoms with Crippen molar-refractivity contribution in [3.05, 3.63) is 64.2 Å². The van der Waals surface area contributed by atoms with Crippen molar-refractivity contribution in [3.8, 4) is 5.75 Å². The van der Waals surface area contributed by atoms with E-state index in [4.69, 9.17) is 21.1 Å². The fourth-order valence-corrected chi connectivity index (χ4v) is 5.09. The lowest BCUT2D eigenvalue weighted by atomic mass is 9.70. The van der Waals surface area contributed by atoms with Gasteiger partial charge in [0, 0.05) is 22.4 Å². The summed E-state index contributed by atoms with van der Waals surface area (Å²) in [4.78, 5) is 11.2. The number of hydrogen-bond donors (Lipinski definition) is 1. The number of hydrogen-bond acceptors (Lipinski definition) is 3. The van der Waals surface area contributed by atoms with E-state index in [1.165, 1.54) is 5.56 Å². The van der Waals surface area contributed by atoms with Gasteiger partial charge in [0.1, 0.15) is 11.4 Å². The van der Waals surface area contributed by atoms with Crippen LogP contribution in [0.1, 0.15) is 62.3 Å². The van der Waals surface area contributed by atoms with Gasteiger partial charge in [-0.2, -0.15) is 0 Å². The molecule has 2 aliphatic rings. The van der Waals surface area contributed by atoms with E-state index < -0.39 is 5.97 Å². The van der Waals surface area contributed by atoms with Crippen LogP contribution < -0.4 is 4.74 Å². The fraction of sp³-hybridized carbons (Fsp3) is 0.458. The van der Waals surface area contributed by atoms with Gasteiger partial charge in [-0.1, -0.05) is 36.7 Å². The average Bonchev–Trinajstić information content (AvgIpc) is 2.67. The molecule has 2 aromatic carbocycles. The first-order chi connectivity index (χ1) is 13.8. The Balaban J connectivity index is 1.72. The Morgan fingerprint density at radius 2 is 2.03 bits per heavy atom. The van der Waals surface area contributed by atoms with Crippen LogP contribution in [0.25, 0.3) is 0 Å². The maximum Gasteiger partial charge on any atom is 0.307 e. The third-order valence-corrected chi connectivity index (χ3v) is 6.56. The molecule has 2 aliphatic heterocycles. The van der Waals surface area contributed by atoms with Gasteiger partial charge in [0.2, 0.25) is 0 Å². The Morgan fingerprint density at radius 3 is 2.72 bits per heavy atom. The minimum Gasteiger partial charge on any atom is -0.487 e. The molecule has 0 aliphatic carbocycles. The van der Waals surface area contributed by atoms with E-state index in [0.29, 0.717) is 0 Å². The van der Waals surface area contributed by atoms with Crippen LogP contribution in [0.2, 0.25) is 5.02 Å². The third-order valence-electron chi connectivity index (χ3n) is 6.32. The van der Waals surface area contributed by atoms with Gasteiger partial charge in [-0.15, -0.1) is 0 Å². The highest BCUT2D eigenvalue weighted by molar-refractivity contribution is 6.30. The number of rotatable bonds is 4. The molecule has 1 N–H and O–H groups in total. The zero-order chi connectivity index (χ0) is 20.8. The van der Waals surface area contributed by atoms with E-state index in [2.05, 4.69) is 26.8 Å². The van der Waals surface area contributed by atoms with Crippen molar-refractivity contribution < 1.29 is 19.4 Å². The van der Waals surface area contributed by atoms with Crippen molar-refractivity contribution in [1.29, 1.82) is 0 Å². The summed E-state index contributed by atoms with van der Waals surface area (Å²) in [6.07, 6.45) is 1.78. The topological polar surface area (TPSA) is 55.8 Å². The van der Waals surface area contributed by atoms with Crippen molar-refractivity contribution in [3.63, 3.8) is 0 Å². The first kappa shape index (κ1) is 20.2. The number of ether oxygens (including phenoxy) is 2. The highest BCUT2D eigenvalue weighted by Crippen LogP contribution is 2.54. The summed E-state index contributed by atoms with van der Waals surface area (Å²) in [6, 6.07) is 13.7. The van der Waals surface area contributed by atoms with Gasteiger partial charge in [-0.3, -0.25) is 4.79 Å². The van der Waals surface area contributed by atoms with Crippen LogP contribution in [0, 0.1) is 5.92 Å². The predicted octanol–water partition coefficient (Wildman–Crippen LogP) is 5.78. The van der Waals surface area contributed by atoms with Crippen LogP contribution in [0.3, 0.4) is 0 Å². The molecule has 1 saturated heterocycles. The standard InChI is InChI=1S/C24H27ClO4/c1-4-20-17(15-6-5-7-16(25)12-15)13-19-23(28-20)18-10-14(11-22(26)27)8-9-21(18)29-24(19,2)3/h5-10,12,17,19-20,23H,4,11,13H2,1-3H3,(H,26,27)/t17-,19+,20+,23-/m1/s1. The Hall–Kier alpha value is -2.04. The lowest BCUT2D eigenvalue weighted by Crippen LogP contribution is -2.50. The summed E-state index contributed by atoms with van der Waals surface area (Å²) in [5.74, 6) is 0.352. The van der Waals surface area contributed by atoms with Crippen LogP contribution in [-0.2, 0) is 16.0 Å². The second-order valence-electron chi connectivity index (χ2n) is 8.66. The van der Waals surface area contributed by atoms with Crippen LogP contribution in [0.15, 0.2) is 42.5 Å². The summed E-state index contributed by atoms with van der Waals surface area (Å²) in [5, 5.41) is 9.91. The quantitative estimate of drug-likeness (QED) is 0.689. The van der Waals surface area contributed by atoms with Gasteiger partial charge in [0.15, 0.2) is 0 Å². The lowest BCUT2D eigenvalue weighted by Gasteiger charge is -2.51. The minimum atomic E-state index is -0.837. The number of aliphatic carboxylic acids is 1. The summed E-state index contributed by atoms with van der Waals surface area (Å²) >= 11 is 6.26. The largest absolute Gasteiger partial charge is 0.487 e. The van der Waals surface area contributed by atoms with E-state index in [1.807, 2.05) is 36.4 Å². The molecule has 0 amide bonds. The van der Waals surface area contributed by atoms with Gasteiger partial charge in [-0.05, 0) is 62.1 Å². The minimum absolute atomic E-state index is 0.00357. The number of halogens is 1. The van der Waals surface area contributed by atoms with Crippen molar-refractivity contribution in [2.75, 3.05) is 0 Å². The van der Waals surface area contributed by atoms with Gasteiger partial charge in [-0.25, -0.2) is 0 Å². The Labute approximate surface area is 176 Å². The Bertz CT molecular complexity index is 923. The van der Waals surface area contributed by atoms with E-state index in [-0.39, 0.29) is 36.1 Å². The van der Waals surface area contributed by atoms with E-state index in [9.17, 15) is 9.90 Å². The number of carboxylic acid groups (broad SMARTS) is 1. The fourth-order valence-electron chi connectivity index (χ4n) is 4.89. The van der Waals surface area contributed by atoms with Crippen LogP contribution in [0.5, 0.6) is 5.75 Å². The Morgan fingerprint density at radius 1 is 1.24 bits per heavy atom. The molecular weight excluding hydrogens is 388 g/mol. The summed E-state index contributed by atoms with van der Waals surface area (Å²) in [6.45, 7) is 6.38. The molecule has 0 unspecified atom stereocenters. The number of benzene rings is 2. The first-order valence-electron chi connectivity index (χ1n) is 10.2. The second kappa shape index (κ2) is 7.66. The van der Waals surface area contributed by atoms with Gasteiger partial charge < -0.3 is 14.6 Å². The monoisotopic (exact) mass is 414 g/mol. The maximum atomic E-state index is 11.2. The predicted molar refractivity (Wildman–Crippen MR) is 113 cm³/mol. The van der Waals surface area contributed by atoms with Crippen molar-refractivity contribution in [1.82, 2.24) is 0 Å². The van der Waals surface area contributed by atoms with Crippen LogP contribution in [-0.4, -0.2) is 22.8 Å². The summed E-state index contributed by atoms with van der Waals surface area (Å²) < 4.78 is 13.1. The molecule has 29 heavy (non-hydrogen) atoms. The van der Waals surface area contributed by atoms with Gasteiger partial charge in [0.25, 0.3) is 0 Å². The molecule has 4 nitrogen and oxygen atoms in total. The summed E-state index contributed by atoms with van der Waals surface area (Å²) in [5.41, 5.74) is 2.55. The molecule has 0 spiro atoms. The third kappa shape index (κ3) is 3.88. The molecule has 4 rings (SSSR count).